The van der Waals surface area contributed by atoms with Gasteiger partial charge in [-0.05, 0) is 61.4 Å². The molecule has 0 radical (unpaired) electrons. The Hall–Kier alpha value is -3.48. The molecule has 0 atom stereocenters. The van der Waals surface area contributed by atoms with Gasteiger partial charge in [-0.25, -0.2) is 8.78 Å². The van der Waals surface area contributed by atoms with E-state index in [9.17, 15) is 18.4 Å². The Bertz CT molecular complexity index is 1120. The number of carbonyl (C=O) groups excluding carboxylic acids is 2. The molecular weight excluding hydrogens is 390 g/mol. The van der Waals surface area contributed by atoms with E-state index in [-0.39, 0.29) is 24.9 Å². The molecule has 0 saturated carbocycles. The van der Waals surface area contributed by atoms with Gasteiger partial charge < -0.3 is 14.6 Å². The lowest BCUT2D eigenvalue weighted by atomic mass is 9.86. The fourth-order valence-electron chi connectivity index (χ4n) is 3.65. The van der Waals surface area contributed by atoms with Crippen LogP contribution in [0.5, 0.6) is 0 Å². The Labute approximate surface area is 172 Å². The van der Waals surface area contributed by atoms with Crippen molar-refractivity contribution in [3.63, 3.8) is 0 Å². The van der Waals surface area contributed by atoms with Crippen LogP contribution in [0.2, 0.25) is 0 Å². The zero-order valence-electron chi connectivity index (χ0n) is 16.5. The largest absolute Gasteiger partial charge is 0.467 e. The van der Waals surface area contributed by atoms with Crippen LogP contribution in [0, 0.1) is 11.6 Å². The molecule has 2 amide bonds. The average molecular weight is 410 g/mol. The number of hydrogen-bond donors (Lipinski definition) is 1. The van der Waals surface area contributed by atoms with Crippen molar-refractivity contribution in [3.05, 3.63) is 88.9 Å². The zero-order valence-corrected chi connectivity index (χ0v) is 16.5. The van der Waals surface area contributed by atoms with Crippen LogP contribution in [0.25, 0.3) is 0 Å². The molecule has 0 aliphatic carbocycles. The van der Waals surface area contributed by atoms with Crippen LogP contribution in [0.15, 0.2) is 59.2 Å². The van der Waals surface area contributed by atoms with Crippen LogP contribution in [0.4, 0.5) is 14.5 Å². The topological polar surface area (TPSA) is 62.6 Å². The zero-order chi connectivity index (χ0) is 21.5. The maximum Gasteiger partial charge on any atom is 0.251 e. The summed E-state index contributed by atoms with van der Waals surface area (Å²) >= 11 is 0. The van der Waals surface area contributed by atoms with E-state index in [0.29, 0.717) is 22.6 Å². The molecule has 7 heteroatoms. The first-order valence-electron chi connectivity index (χ1n) is 9.48. The molecule has 1 aliphatic rings. The van der Waals surface area contributed by atoms with E-state index in [1.54, 1.807) is 44.2 Å². The highest BCUT2D eigenvalue weighted by Crippen LogP contribution is 2.42. The summed E-state index contributed by atoms with van der Waals surface area (Å²) in [6.45, 7) is 3.92. The van der Waals surface area contributed by atoms with E-state index in [2.05, 4.69) is 5.32 Å². The molecular formula is C23H20F2N2O3. The predicted molar refractivity (Wildman–Crippen MR) is 107 cm³/mol. The Morgan fingerprint density at radius 3 is 2.60 bits per heavy atom. The van der Waals surface area contributed by atoms with Crippen LogP contribution < -0.4 is 10.2 Å². The SMILES string of the molecule is CC1(C)C(=O)N(Cc2ccc(F)c(F)c2)c2cc(C(=O)NCc3ccco3)ccc21. The van der Waals surface area contributed by atoms with Crippen molar-refractivity contribution in [1.29, 1.82) is 0 Å². The van der Waals surface area contributed by atoms with Crippen molar-refractivity contribution < 1.29 is 22.8 Å². The van der Waals surface area contributed by atoms with Gasteiger partial charge in [-0.15, -0.1) is 0 Å². The van der Waals surface area contributed by atoms with Crippen molar-refractivity contribution in [2.24, 2.45) is 0 Å². The maximum absolute atomic E-state index is 13.6. The third kappa shape index (κ3) is 3.47. The summed E-state index contributed by atoms with van der Waals surface area (Å²) in [5.41, 5.74) is 1.41. The summed E-state index contributed by atoms with van der Waals surface area (Å²) in [5, 5.41) is 2.78. The molecule has 1 N–H and O–H groups in total. The first-order valence-corrected chi connectivity index (χ1v) is 9.48. The lowest BCUT2D eigenvalue weighted by Crippen LogP contribution is -2.35. The summed E-state index contributed by atoms with van der Waals surface area (Å²) in [7, 11) is 0. The van der Waals surface area contributed by atoms with Gasteiger partial charge in [-0.1, -0.05) is 12.1 Å². The standard InChI is InChI=1S/C23H20F2N2O3/c1-23(2)17-7-6-15(21(28)26-12-16-4-3-9-30-16)11-20(17)27(22(23)29)13-14-5-8-18(24)19(25)10-14/h3-11H,12-13H2,1-2H3,(H,26,28). The van der Waals surface area contributed by atoms with Crippen LogP contribution in [0.3, 0.4) is 0 Å². The van der Waals surface area contributed by atoms with Gasteiger partial charge in [0.1, 0.15) is 5.76 Å². The summed E-state index contributed by atoms with van der Waals surface area (Å²) < 4.78 is 32.1. The molecule has 30 heavy (non-hydrogen) atoms. The highest BCUT2D eigenvalue weighted by Gasteiger charge is 2.44. The predicted octanol–water partition coefficient (Wildman–Crippen LogP) is 4.31. The Kier molecular flexibility index (Phi) is 4.89. The number of furan rings is 1. The summed E-state index contributed by atoms with van der Waals surface area (Å²) in [6, 6.07) is 12.1. The minimum absolute atomic E-state index is 0.0733. The van der Waals surface area contributed by atoms with Gasteiger partial charge in [0, 0.05) is 11.3 Å². The molecule has 0 saturated heterocycles. The molecule has 0 unspecified atom stereocenters. The molecule has 0 fully saturated rings. The molecule has 0 spiro atoms. The Balaban J connectivity index is 1.62. The van der Waals surface area contributed by atoms with E-state index in [1.165, 1.54) is 17.2 Å². The number of nitrogens with zero attached hydrogens (tertiary/aromatic N) is 1. The quantitative estimate of drug-likeness (QED) is 0.682. The van der Waals surface area contributed by atoms with Crippen molar-refractivity contribution >= 4 is 17.5 Å². The van der Waals surface area contributed by atoms with E-state index in [0.717, 1.165) is 17.7 Å². The lowest BCUT2D eigenvalue weighted by Gasteiger charge is -2.20. The monoisotopic (exact) mass is 410 g/mol. The molecule has 2 heterocycles. The summed E-state index contributed by atoms with van der Waals surface area (Å²) in [4.78, 5) is 27.1. The van der Waals surface area contributed by atoms with Crippen LogP contribution >= 0.6 is 0 Å². The number of amides is 2. The Morgan fingerprint density at radius 1 is 1.10 bits per heavy atom. The number of anilines is 1. The number of rotatable bonds is 5. The van der Waals surface area contributed by atoms with E-state index in [4.69, 9.17) is 4.42 Å². The second-order valence-electron chi connectivity index (χ2n) is 7.76. The van der Waals surface area contributed by atoms with Gasteiger partial charge in [-0.3, -0.25) is 9.59 Å². The molecule has 4 rings (SSSR count). The third-order valence-corrected chi connectivity index (χ3v) is 5.33. The number of hydrogen-bond acceptors (Lipinski definition) is 3. The number of nitrogens with one attached hydrogen (secondary N) is 1. The number of halogens is 2. The highest BCUT2D eigenvalue weighted by molar-refractivity contribution is 6.08. The van der Waals surface area contributed by atoms with Crippen LogP contribution in [-0.2, 0) is 23.3 Å². The van der Waals surface area contributed by atoms with Gasteiger partial charge in [0.2, 0.25) is 5.91 Å². The number of fused-ring (bicyclic) bond motifs is 1. The second-order valence-corrected chi connectivity index (χ2v) is 7.76. The highest BCUT2D eigenvalue weighted by atomic mass is 19.2. The Morgan fingerprint density at radius 2 is 1.90 bits per heavy atom. The van der Waals surface area contributed by atoms with Gasteiger partial charge in [0.15, 0.2) is 11.6 Å². The smallest absolute Gasteiger partial charge is 0.251 e. The van der Waals surface area contributed by atoms with Crippen molar-refractivity contribution in [2.45, 2.75) is 32.4 Å². The molecule has 154 valence electrons. The van der Waals surface area contributed by atoms with Crippen molar-refractivity contribution in [2.75, 3.05) is 4.90 Å². The van der Waals surface area contributed by atoms with Crippen LogP contribution in [0.1, 0.15) is 41.1 Å². The minimum atomic E-state index is -0.968. The second kappa shape index (κ2) is 7.40. The molecule has 0 bridgehead atoms. The van der Waals surface area contributed by atoms with Crippen molar-refractivity contribution in [1.82, 2.24) is 5.32 Å². The fraction of sp³-hybridized carbons (Fsp3) is 0.217. The summed E-state index contributed by atoms with van der Waals surface area (Å²) in [5.74, 6) is -1.76. The first-order chi connectivity index (χ1) is 14.3. The average Bonchev–Trinajstić information content (AvgIpc) is 3.30. The molecule has 1 aliphatic heterocycles. The first kappa shape index (κ1) is 19.8. The van der Waals surface area contributed by atoms with Gasteiger partial charge in [-0.2, -0.15) is 0 Å². The number of carbonyl (C=O) groups is 2. The third-order valence-electron chi connectivity index (χ3n) is 5.33. The molecule has 5 nitrogen and oxygen atoms in total. The maximum atomic E-state index is 13.6. The lowest BCUT2D eigenvalue weighted by molar-refractivity contribution is -0.122. The molecule has 3 aromatic rings. The fourth-order valence-corrected chi connectivity index (χ4v) is 3.65. The van der Waals surface area contributed by atoms with E-state index >= 15 is 0 Å². The van der Waals surface area contributed by atoms with E-state index < -0.39 is 17.0 Å². The summed E-state index contributed by atoms with van der Waals surface area (Å²) in [6.07, 6.45) is 1.53. The normalized spacial score (nSPS) is 14.7. The van der Waals surface area contributed by atoms with Gasteiger partial charge >= 0.3 is 0 Å². The van der Waals surface area contributed by atoms with Crippen LogP contribution in [-0.4, -0.2) is 11.8 Å². The minimum Gasteiger partial charge on any atom is -0.467 e. The molecule has 2 aromatic carbocycles. The number of benzene rings is 2. The van der Waals surface area contributed by atoms with E-state index in [1.807, 2.05) is 0 Å². The van der Waals surface area contributed by atoms with Gasteiger partial charge in [0.05, 0.1) is 24.8 Å². The van der Waals surface area contributed by atoms with Crippen molar-refractivity contribution in [3.8, 4) is 0 Å². The molecule has 1 aromatic heterocycles. The van der Waals surface area contributed by atoms with Gasteiger partial charge in [0.25, 0.3) is 5.91 Å².